The van der Waals surface area contributed by atoms with Gasteiger partial charge in [0.05, 0.1) is 23.4 Å². The fourth-order valence-corrected chi connectivity index (χ4v) is 4.01. The number of aliphatic hydroxyl groups excluding tert-OH is 1. The molecular formula is C28H26N2O5. The van der Waals surface area contributed by atoms with Gasteiger partial charge in [0.2, 0.25) is 0 Å². The third kappa shape index (κ3) is 4.71. The van der Waals surface area contributed by atoms with E-state index in [1.54, 1.807) is 60.8 Å². The van der Waals surface area contributed by atoms with E-state index in [4.69, 9.17) is 4.74 Å². The summed E-state index contributed by atoms with van der Waals surface area (Å²) in [5.41, 5.74) is 2.66. The summed E-state index contributed by atoms with van der Waals surface area (Å²) in [7, 11) is 0. The van der Waals surface area contributed by atoms with E-state index in [0.717, 1.165) is 12.0 Å². The largest absolute Gasteiger partial charge is 0.507 e. The number of benzene rings is 2. The van der Waals surface area contributed by atoms with Gasteiger partial charge in [-0.25, -0.2) is 4.79 Å². The van der Waals surface area contributed by atoms with Crippen LogP contribution < -0.4 is 4.90 Å². The lowest BCUT2D eigenvalue weighted by molar-refractivity contribution is -0.132. The lowest BCUT2D eigenvalue weighted by atomic mass is 9.97. The minimum absolute atomic E-state index is 0.0376. The number of esters is 1. The van der Waals surface area contributed by atoms with E-state index in [9.17, 15) is 19.5 Å². The van der Waals surface area contributed by atoms with Gasteiger partial charge >= 0.3 is 5.97 Å². The van der Waals surface area contributed by atoms with Gasteiger partial charge in [-0.3, -0.25) is 19.5 Å². The number of amides is 1. The zero-order valence-corrected chi connectivity index (χ0v) is 19.6. The average molecular weight is 471 g/mol. The number of aryl methyl sites for hydroxylation is 1. The number of hydrogen-bond donors (Lipinski definition) is 1. The van der Waals surface area contributed by atoms with Crippen molar-refractivity contribution in [3.05, 3.63) is 101 Å². The first-order valence-corrected chi connectivity index (χ1v) is 11.5. The highest BCUT2D eigenvalue weighted by molar-refractivity contribution is 6.51. The second-order valence-electron chi connectivity index (χ2n) is 8.16. The first-order valence-electron chi connectivity index (χ1n) is 11.5. The van der Waals surface area contributed by atoms with Gasteiger partial charge in [-0.05, 0) is 54.8 Å². The second kappa shape index (κ2) is 10.3. The summed E-state index contributed by atoms with van der Waals surface area (Å²) in [6.07, 6.45) is 3.11. The summed E-state index contributed by atoms with van der Waals surface area (Å²) in [6, 6.07) is 17.7. The summed E-state index contributed by atoms with van der Waals surface area (Å²) in [6.45, 7) is 4.24. The molecule has 1 aliphatic heterocycles. The van der Waals surface area contributed by atoms with Crippen molar-refractivity contribution in [1.29, 1.82) is 0 Å². The Morgan fingerprint density at radius 2 is 1.66 bits per heavy atom. The number of pyridine rings is 1. The van der Waals surface area contributed by atoms with E-state index in [0.29, 0.717) is 35.5 Å². The number of rotatable bonds is 7. The zero-order valence-electron chi connectivity index (χ0n) is 19.6. The number of anilines is 1. The second-order valence-corrected chi connectivity index (χ2v) is 8.16. The van der Waals surface area contributed by atoms with Crippen LogP contribution in [0.3, 0.4) is 0 Å². The van der Waals surface area contributed by atoms with Gasteiger partial charge < -0.3 is 9.84 Å². The molecule has 2 aromatic carbocycles. The molecule has 7 nitrogen and oxygen atoms in total. The van der Waals surface area contributed by atoms with Crippen molar-refractivity contribution in [3.63, 3.8) is 0 Å². The van der Waals surface area contributed by atoms with Gasteiger partial charge in [-0.1, -0.05) is 44.2 Å². The van der Waals surface area contributed by atoms with Gasteiger partial charge in [-0.15, -0.1) is 0 Å². The molecule has 7 heteroatoms. The molecule has 35 heavy (non-hydrogen) atoms. The molecule has 1 amide bonds. The number of hydrogen-bond acceptors (Lipinski definition) is 6. The van der Waals surface area contributed by atoms with E-state index in [1.165, 1.54) is 4.90 Å². The quantitative estimate of drug-likeness (QED) is 0.230. The van der Waals surface area contributed by atoms with Crippen molar-refractivity contribution in [2.45, 2.75) is 32.7 Å². The van der Waals surface area contributed by atoms with Gasteiger partial charge in [0.15, 0.2) is 0 Å². The summed E-state index contributed by atoms with van der Waals surface area (Å²) in [5, 5.41) is 11.2. The lowest BCUT2D eigenvalue weighted by Gasteiger charge is -2.24. The predicted octanol–water partition coefficient (Wildman–Crippen LogP) is 4.84. The molecule has 178 valence electrons. The summed E-state index contributed by atoms with van der Waals surface area (Å²) in [4.78, 5) is 44.3. The highest BCUT2D eigenvalue weighted by Gasteiger charge is 2.47. The Morgan fingerprint density at radius 1 is 0.971 bits per heavy atom. The SMILES string of the molecule is CCCOC(=O)c1ccc(N2C(=O)C(=O)/C(=C(/O)c3ccc(CC)cc3)C2c2ccccn2)cc1. The molecule has 0 spiro atoms. The molecule has 1 atom stereocenters. The molecular weight excluding hydrogens is 444 g/mol. The zero-order chi connectivity index (χ0) is 24.9. The standard InChI is InChI=1S/C28H26N2O5/c1-3-17-35-28(34)20-12-14-21(15-13-20)30-24(22-7-5-6-16-29-22)23(26(32)27(30)33)25(31)19-10-8-18(4-2)9-11-19/h5-16,24,31H,3-4,17H2,1-2H3/b25-23+. The smallest absolute Gasteiger partial charge is 0.338 e. The van der Waals surface area contributed by atoms with Crippen molar-refractivity contribution in [1.82, 2.24) is 4.98 Å². The molecule has 3 aromatic rings. The molecule has 2 heterocycles. The van der Waals surface area contributed by atoms with Crippen LogP contribution in [-0.2, 0) is 20.7 Å². The number of carbonyl (C=O) groups excluding carboxylic acids is 3. The number of ketones is 1. The third-order valence-electron chi connectivity index (χ3n) is 5.87. The molecule has 1 fully saturated rings. The van der Waals surface area contributed by atoms with Gasteiger partial charge in [0, 0.05) is 17.4 Å². The number of aromatic nitrogens is 1. The molecule has 0 saturated carbocycles. The van der Waals surface area contributed by atoms with Crippen LogP contribution in [0.1, 0.15) is 53.5 Å². The Balaban J connectivity index is 1.79. The lowest BCUT2D eigenvalue weighted by Crippen LogP contribution is -2.29. The van der Waals surface area contributed by atoms with Crippen LogP contribution in [0.4, 0.5) is 5.69 Å². The van der Waals surface area contributed by atoms with Crippen molar-refractivity contribution < 1.29 is 24.2 Å². The first kappa shape index (κ1) is 23.9. The van der Waals surface area contributed by atoms with Crippen molar-refractivity contribution in [2.75, 3.05) is 11.5 Å². The number of nitrogens with zero attached hydrogens (tertiary/aromatic N) is 2. The fourth-order valence-electron chi connectivity index (χ4n) is 4.01. The van der Waals surface area contributed by atoms with E-state index >= 15 is 0 Å². The Kier molecular flexibility index (Phi) is 7.06. The molecule has 1 aromatic heterocycles. The number of aliphatic hydroxyl groups is 1. The Bertz CT molecular complexity index is 1260. The first-order chi connectivity index (χ1) is 17.0. The highest BCUT2D eigenvalue weighted by Crippen LogP contribution is 2.41. The van der Waals surface area contributed by atoms with Crippen LogP contribution >= 0.6 is 0 Å². The summed E-state index contributed by atoms with van der Waals surface area (Å²) in [5.74, 6) is -2.31. The Labute approximate surface area is 203 Å². The molecule has 1 unspecified atom stereocenters. The number of Topliss-reactive ketones (excluding diaryl/α,β-unsaturated/α-hetero) is 1. The topological polar surface area (TPSA) is 96.8 Å². The van der Waals surface area contributed by atoms with Crippen LogP contribution in [-0.4, -0.2) is 34.4 Å². The maximum absolute atomic E-state index is 13.2. The third-order valence-corrected chi connectivity index (χ3v) is 5.87. The summed E-state index contributed by atoms with van der Waals surface area (Å²) >= 11 is 0. The summed E-state index contributed by atoms with van der Waals surface area (Å²) < 4.78 is 5.16. The molecule has 1 saturated heterocycles. The molecule has 0 radical (unpaired) electrons. The molecule has 4 rings (SSSR count). The number of ether oxygens (including phenoxy) is 1. The molecule has 0 aliphatic carbocycles. The van der Waals surface area contributed by atoms with Gasteiger partial charge in [0.1, 0.15) is 11.8 Å². The van der Waals surface area contributed by atoms with Crippen LogP contribution in [0.2, 0.25) is 0 Å². The van der Waals surface area contributed by atoms with Crippen LogP contribution in [0.15, 0.2) is 78.5 Å². The molecule has 1 N–H and O–H groups in total. The van der Waals surface area contributed by atoms with E-state index < -0.39 is 23.7 Å². The Morgan fingerprint density at radius 3 is 2.26 bits per heavy atom. The van der Waals surface area contributed by atoms with Crippen LogP contribution in [0.25, 0.3) is 5.76 Å². The predicted molar refractivity (Wildman–Crippen MR) is 132 cm³/mol. The van der Waals surface area contributed by atoms with Crippen molar-refractivity contribution in [3.8, 4) is 0 Å². The van der Waals surface area contributed by atoms with E-state index in [2.05, 4.69) is 4.98 Å². The van der Waals surface area contributed by atoms with E-state index in [1.807, 2.05) is 26.0 Å². The maximum Gasteiger partial charge on any atom is 0.338 e. The van der Waals surface area contributed by atoms with E-state index in [-0.39, 0.29) is 11.3 Å². The van der Waals surface area contributed by atoms with Crippen LogP contribution in [0.5, 0.6) is 0 Å². The molecule has 1 aliphatic rings. The van der Waals surface area contributed by atoms with Crippen molar-refractivity contribution in [2.24, 2.45) is 0 Å². The van der Waals surface area contributed by atoms with Gasteiger partial charge in [0.25, 0.3) is 11.7 Å². The van der Waals surface area contributed by atoms with Crippen LogP contribution in [0, 0.1) is 0 Å². The minimum Gasteiger partial charge on any atom is -0.507 e. The average Bonchev–Trinajstić information content (AvgIpc) is 3.17. The maximum atomic E-state index is 13.2. The normalized spacial score (nSPS) is 17.0. The Hall–Kier alpha value is -4.26. The highest BCUT2D eigenvalue weighted by atomic mass is 16.5. The monoisotopic (exact) mass is 470 g/mol. The van der Waals surface area contributed by atoms with Gasteiger partial charge in [-0.2, -0.15) is 0 Å². The van der Waals surface area contributed by atoms with Crippen molar-refractivity contribution >= 4 is 29.1 Å². The molecule has 0 bridgehead atoms. The minimum atomic E-state index is -0.931. The number of carbonyl (C=O) groups is 3. The fraction of sp³-hybridized carbons (Fsp3) is 0.214.